The number of ether oxygens (including phenoxy) is 8. The lowest BCUT2D eigenvalue weighted by Gasteiger charge is -2.45. The molecule has 22 nitrogen and oxygen atoms in total. The van der Waals surface area contributed by atoms with Gasteiger partial charge in [0.05, 0.1) is 26.4 Å². The van der Waals surface area contributed by atoms with E-state index in [1.807, 2.05) is 0 Å². The van der Waals surface area contributed by atoms with Gasteiger partial charge in [0.2, 0.25) is 5.79 Å². The Labute approximate surface area is 335 Å². The fourth-order valence-electron chi connectivity index (χ4n) is 7.21. The second kappa shape index (κ2) is 23.2. The van der Waals surface area contributed by atoms with Gasteiger partial charge >= 0.3 is 5.97 Å². The molecule has 4 heterocycles. The van der Waals surface area contributed by atoms with Crippen molar-refractivity contribution in [3.8, 4) is 0 Å². The topological polar surface area (TPSA) is 354 Å². The highest BCUT2D eigenvalue weighted by Crippen LogP contribution is 2.37. The SMILES string of the molecule is CCCCCCCCCCCC(=O)OC[C@@]1(O[C@H]2O[C@H](CO[C@H]3O[C@H](CO[C@H]4O[C@H](CO)[C@H](O)[C@H](O)[C@H]4O)[C@H](O)[C@H](O)[C@H]3O)[C@@H](O)[C@H](O)[C@H]2O)O[C@H](CO)[C@@H](O)[C@@H]1O. The number of esters is 1. The number of rotatable bonds is 22. The molecular weight excluding hydrogens is 784 g/mol. The second-order valence-electron chi connectivity index (χ2n) is 15.3. The van der Waals surface area contributed by atoms with Crippen molar-refractivity contribution >= 4 is 5.97 Å². The Morgan fingerprint density at radius 3 is 1.43 bits per heavy atom. The normalized spacial score (nSPS) is 43.4. The third kappa shape index (κ3) is 12.2. The number of aliphatic hydroxyl groups is 13. The Morgan fingerprint density at radius 1 is 0.517 bits per heavy atom. The summed E-state index contributed by atoms with van der Waals surface area (Å²) in [4.78, 5) is 12.7. The molecule has 0 spiro atoms. The summed E-state index contributed by atoms with van der Waals surface area (Å²) in [6.07, 6.45) is -22.7. The first-order valence-electron chi connectivity index (χ1n) is 20.0. The summed E-state index contributed by atoms with van der Waals surface area (Å²) < 4.78 is 44.2. The van der Waals surface area contributed by atoms with Crippen LogP contribution in [0.1, 0.15) is 71.1 Å². The standard InChI is InChI=1S/C36H64O22/c1-2-3-4-5-6-7-8-9-10-11-21(39)53-16-36(32(50)25(43)18(13-38)57-36)58-35-31(49)28(46)24(42)20(56-35)15-52-34-30(48)27(45)23(41)19(55-34)14-51-33-29(47)26(44)22(40)17(12-37)54-33/h17-20,22-35,37-38,40-50H,2-16H2,1H3/t17-,18-,19-,20-,22+,23+,24-,25-,26+,27+,28+,29-,30-,31-,32+,33+,34+,35-,36+/m1/s1. The summed E-state index contributed by atoms with van der Waals surface area (Å²) >= 11 is 0. The van der Waals surface area contributed by atoms with Crippen molar-refractivity contribution in [3.05, 3.63) is 0 Å². The van der Waals surface area contributed by atoms with E-state index < -0.39 is 155 Å². The lowest BCUT2D eigenvalue weighted by atomic mass is 9.98. The van der Waals surface area contributed by atoms with Gasteiger partial charge in [0.1, 0.15) is 98.2 Å². The van der Waals surface area contributed by atoms with Crippen molar-refractivity contribution in [1.29, 1.82) is 0 Å². The summed E-state index contributed by atoms with van der Waals surface area (Å²) in [5, 5.41) is 135. The van der Waals surface area contributed by atoms with Gasteiger partial charge in [-0.2, -0.15) is 0 Å². The molecule has 0 aromatic heterocycles. The molecule has 0 aromatic rings. The lowest BCUT2D eigenvalue weighted by Crippen LogP contribution is -2.64. The first-order chi connectivity index (χ1) is 27.6. The molecule has 22 heteroatoms. The summed E-state index contributed by atoms with van der Waals surface area (Å²) in [7, 11) is 0. The Bertz CT molecular complexity index is 1200. The highest BCUT2D eigenvalue weighted by Gasteiger charge is 2.59. The molecule has 4 saturated heterocycles. The molecule has 58 heavy (non-hydrogen) atoms. The van der Waals surface area contributed by atoms with Crippen molar-refractivity contribution in [2.24, 2.45) is 0 Å². The van der Waals surface area contributed by atoms with Gasteiger partial charge in [-0.15, -0.1) is 0 Å². The van der Waals surface area contributed by atoms with Crippen LogP contribution in [0.3, 0.4) is 0 Å². The molecule has 340 valence electrons. The van der Waals surface area contributed by atoms with E-state index in [0.29, 0.717) is 6.42 Å². The lowest BCUT2D eigenvalue weighted by molar-refractivity contribution is -0.388. The molecular formula is C36H64O22. The van der Waals surface area contributed by atoms with E-state index in [-0.39, 0.29) is 6.42 Å². The summed E-state index contributed by atoms with van der Waals surface area (Å²) in [6, 6.07) is 0. The van der Waals surface area contributed by atoms with Crippen LogP contribution in [0.15, 0.2) is 0 Å². The largest absolute Gasteiger partial charge is 0.460 e. The first-order valence-corrected chi connectivity index (χ1v) is 20.0. The van der Waals surface area contributed by atoms with Crippen LogP contribution in [0.25, 0.3) is 0 Å². The van der Waals surface area contributed by atoms with Gasteiger partial charge in [0.15, 0.2) is 18.9 Å². The molecule has 13 N–H and O–H groups in total. The van der Waals surface area contributed by atoms with Crippen LogP contribution in [0, 0.1) is 0 Å². The van der Waals surface area contributed by atoms with E-state index in [1.54, 1.807) is 0 Å². The zero-order valence-corrected chi connectivity index (χ0v) is 32.5. The Balaban J connectivity index is 1.35. The minimum absolute atomic E-state index is 0.0163. The maximum Gasteiger partial charge on any atom is 0.305 e. The number of hydrogen-bond donors (Lipinski definition) is 13. The van der Waals surface area contributed by atoms with Crippen molar-refractivity contribution in [2.45, 2.75) is 187 Å². The molecule has 0 radical (unpaired) electrons. The van der Waals surface area contributed by atoms with Gasteiger partial charge in [0.25, 0.3) is 0 Å². The first kappa shape index (κ1) is 49.3. The van der Waals surface area contributed by atoms with Crippen LogP contribution in [0.4, 0.5) is 0 Å². The summed E-state index contributed by atoms with van der Waals surface area (Å²) in [5.41, 5.74) is 0. The Hall–Kier alpha value is -1.33. The second-order valence-corrected chi connectivity index (χ2v) is 15.3. The quantitative estimate of drug-likeness (QED) is 0.0357. The third-order valence-corrected chi connectivity index (χ3v) is 11.0. The highest BCUT2D eigenvalue weighted by atomic mass is 16.8. The summed E-state index contributed by atoms with van der Waals surface area (Å²) in [6.45, 7) is -1.67. The minimum Gasteiger partial charge on any atom is -0.460 e. The van der Waals surface area contributed by atoms with E-state index >= 15 is 0 Å². The van der Waals surface area contributed by atoms with Gasteiger partial charge < -0.3 is 104 Å². The predicted molar refractivity (Wildman–Crippen MR) is 190 cm³/mol. The van der Waals surface area contributed by atoms with Gasteiger partial charge in [-0.05, 0) is 6.42 Å². The third-order valence-electron chi connectivity index (χ3n) is 11.0. The van der Waals surface area contributed by atoms with Crippen LogP contribution in [0.5, 0.6) is 0 Å². The average molecular weight is 849 g/mol. The van der Waals surface area contributed by atoms with Crippen LogP contribution in [0.2, 0.25) is 0 Å². The van der Waals surface area contributed by atoms with Crippen LogP contribution in [-0.2, 0) is 42.7 Å². The zero-order chi connectivity index (χ0) is 42.7. The van der Waals surface area contributed by atoms with Crippen LogP contribution >= 0.6 is 0 Å². The van der Waals surface area contributed by atoms with Gasteiger partial charge in [-0.3, -0.25) is 4.79 Å². The number of hydrogen-bond acceptors (Lipinski definition) is 22. The minimum atomic E-state index is -2.45. The molecule has 4 fully saturated rings. The predicted octanol–water partition coefficient (Wildman–Crippen LogP) is -5.28. The van der Waals surface area contributed by atoms with E-state index in [1.165, 1.54) is 12.8 Å². The van der Waals surface area contributed by atoms with Crippen molar-refractivity contribution in [2.75, 3.05) is 33.0 Å². The molecule has 4 rings (SSSR count). The van der Waals surface area contributed by atoms with Crippen molar-refractivity contribution in [3.63, 3.8) is 0 Å². The number of unbranched alkanes of at least 4 members (excludes halogenated alkanes) is 8. The molecule has 0 aliphatic carbocycles. The molecule has 4 aliphatic heterocycles. The molecule has 4 aliphatic rings. The van der Waals surface area contributed by atoms with Gasteiger partial charge in [0, 0.05) is 6.42 Å². The molecule has 0 bridgehead atoms. The van der Waals surface area contributed by atoms with Crippen LogP contribution in [-0.4, -0.2) is 222 Å². The fraction of sp³-hybridized carbons (Fsp3) is 0.972. The van der Waals surface area contributed by atoms with Gasteiger partial charge in [-0.1, -0.05) is 58.3 Å². The average Bonchev–Trinajstić information content (AvgIpc) is 3.45. The van der Waals surface area contributed by atoms with Crippen molar-refractivity contribution in [1.82, 2.24) is 0 Å². The zero-order valence-electron chi connectivity index (χ0n) is 32.5. The van der Waals surface area contributed by atoms with Gasteiger partial charge in [-0.25, -0.2) is 0 Å². The summed E-state index contributed by atoms with van der Waals surface area (Å²) in [5.74, 6) is -3.14. The highest BCUT2D eigenvalue weighted by molar-refractivity contribution is 5.69. The number of carbonyl (C=O) groups is 1. The Morgan fingerprint density at radius 2 is 0.948 bits per heavy atom. The van der Waals surface area contributed by atoms with E-state index in [2.05, 4.69) is 6.92 Å². The van der Waals surface area contributed by atoms with E-state index in [4.69, 9.17) is 37.9 Å². The number of aliphatic hydroxyl groups excluding tert-OH is 13. The molecule has 0 aromatic carbocycles. The molecule has 0 amide bonds. The van der Waals surface area contributed by atoms with E-state index in [0.717, 1.165) is 38.5 Å². The molecule has 19 atom stereocenters. The molecule has 0 saturated carbocycles. The monoisotopic (exact) mass is 848 g/mol. The maximum atomic E-state index is 12.7. The van der Waals surface area contributed by atoms with Crippen LogP contribution < -0.4 is 0 Å². The van der Waals surface area contributed by atoms with E-state index in [9.17, 15) is 71.2 Å². The fourth-order valence-corrected chi connectivity index (χ4v) is 7.21. The van der Waals surface area contributed by atoms with Crippen molar-refractivity contribution < 1.29 is 109 Å². The Kier molecular flexibility index (Phi) is 19.7. The molecule has 0 unspecified atom stereocenters. The maximum absolute atomic E-state index is 12.7. The smallest absolute Gasteiger partial charge is 0.305 e. The number of carbonyl (C=O) groups excluding carboxylic acids is 1.